The number of carboxylic acids is 1. The molecule has 0 aliphatic carbocycles. The Kier molecular flexibility index (Phi) is 4.95. The van der Waals surface area contributed by atoms with Crippen molar-refractivity contribution in [2.75, 3.05) is 13.1 Å². The number of aliphatic carboxylic acids is 1. The zero-order valence-corrected chi connectivity index (χ0v) is 14.3. The summed E-state index contributed by atoms with van der Waals surface area (Å²) in [6, 6.07) is 16.2. The largest absolute Gasteiger partial charge is 0.481 e. The van der Waals surface area contributed by atoms with Crippen LogP contribution in [-0.4, -0.2) is 35.2 Å². The molecule has 1 unspecified atom stereocenters. The predicted octanol–water partition coefficient (Wildman–Crippen LogP) is 3.70. The average Bonchev–Trinajstić information content (AvgIpc) is 3.07. The Morgan fingerprint density at radius 1 is 1.16 bits per heavy atom. The second-order valence-electron chi connectivity index (χ2n) is 6.11. The molecular formula is C19H18ClNO4. The van der Waals surface area contributed by atoms with Gasteiger partial charge < -0.3 is 14.7 Å². The Bertz CT molecular complexity index is 780. The zero-order chi connectivity index (χ0) is 17.9. The van der Waals surface area contributed by atoms with Gasteiger partial charge in [-0.1, -0.05) is 54.1 Å². The van der Waals surface area contributed by atoms with Crippen LogP contribution in [0, 0.1) is 0 Å². The Morgan fingerprint density at radius 3 is 2.60 bits per heavy atom. The molecule has 1 N–H and O–H groups in total. The van der Waals surface area contributed by atoms with Gasteiger partial charge in [-0.2, -0.15) is 0 Å². The molecule has 0 spiro atoms. The van der Waals surface area contributed by atoms with Crippen molar-refractivity contribution in [2.24, 2.45) is 0 Å². The quantitative estimate of drug-likeness (QED) is 0.903. The van der Waals surface area contributed by atoms with E-state index in [1.54, 1.807) is 24.3 Å². The van der Waals surface area contributed by atoms with Gasteiger partial charge in [0.2, 0.25) is 0 Å². The van der Waals surface area contributed by atoms with Crippen molar-refractivity contribution in [3.05, 3.63) is 70.7 Å². The lowest BCUT2D eigenvalue weighted by Crippen LogP contribution is -2.40. The number of carbonyl (C=O) groups is 2. The molecule has 5 nitrogen and oxygen atoms in total. The third kappa shape index (κ3) is 3.61. The molecule has 1 aliphatic heterocycles. The highest BCUT2D eigenvalue weighted by Gasteiger charge is 2.48. The summed E-state index contributed by atoms with van der Waals surface area (Å²) in [6.45, 7) is 0.552. The van der Waals surface area contributed by atoms with Crippen LogP contribution < -0.4 is 0 Å². The second-order valence-corrected chi connectivity index (χ2v) is 6.55. The molecule has 2 aromatic rings. The third-order valence-corrected chi connectivity index (χ3v) is 4.75. The summed E-state index contributed by atoms with van der Waals surface area (Å²) in [5, 5.41) is 10.3. The average molecular weight is 360 g/mol. The van der Waals surface area contributed by atoms with Gasteiger partial charge in [-0.15, -0.1) is 0 Å². The van der Waals surface area contributed by atoms with Gasteiger partial charge in [0.15, 0.2) is 0 Å². The van der Waals surface area contributed by atoms with E-state index >= 15 is 0 Å². The molecular weight excluding hydrogens is 342 g/mol. The van der Waals surface area contributed by atoms with Crippen molar-refractivity contribution < 1.29 is 19.4 Å². The number of rotatable bonds is 4. The lowest BCUT2D eigenvalue weighted by Gasteiger charge is -2.25. The first-order valence-corrected chi connectivity index (χ1v) is 8.34. The van der Waals surface area contributed by atoms with Gasteiger partial charge in [0.25, 0.3) is 0 Å². The van der Waals surface area contributed by atoms with E-state index in [0.717, 1.165) is 5.56 Å². The van der Waals surface area contributed by atoms with Crippen LogP contribution in [0.25, 0.3) is 0 Å². The summed E-state index contributed by atoms with van der Waals surface area (Å²) in [4.78, 5) is 25.7. The predicted molar refractivity (Wildman–Crippen MR) is 93.6 cm³/mol. The molecule has 1 saturated heterocycles. The number of halogens is 1. The van der Waals surface area contributed by atoms with Crippen LogP contribution in [-0.2, 0) is 21.6 Å². The van der Waals surface area contributed by atoms with Crippen molar-refractivity contribution in [2.45, 2.75) is 18.4 Å². The van der Waals surface area contributed by atoms with Crippen LogP contribution >= 0.6 is 11.6 Å². The molecule has 0 bridgehead atoms. The lowest BCUT2D eigenvalue weighted by atomic mass is 9.80. The summed E-state index contributed by atoms with van der Waals surface area (Å²) >= 11 is 6.01. The highest BCUT2D eigenvalue weighted by atomic mass is 35.5. The first-order valence-electron chi connectivity index (χ1n) is 7.96. The van der Waals surface area contributed by atoms with E-state index in [-0.39, 0.29) is 13.2 Å². The highest BCUT2D eigenvalue weighted by Crippen LogP contribution is 2.36. The smallest absolute Gasteiger partial charge is 0.410 e. The molecule has 1 heterocycles. The number of carbonyl (C=O) groups excluding carboxylic acids is 1. The number of carboxylic acid groups (broad SMARTS) is 1. The molecule has 1 aliphatic rings. The molecule has 25 heavy (non-hydrogen) atoms. The number of ether oxygens (including phenoxy) is 1. The van der Waals surface area contributed by atoms with Crippen LogP contribution in [0.4, 0.5) is 4.79 Å². The minimum atomic E-state index is -1.16. The van der Waals surface area contributed by atoms with Gasteiger partial charge in [-0.25, -0.2) is 4.79 Å². The Morgan fingerprint density at radius 2 is 1.92 bits per heavy atom. The van der Waals surface area contributed by atoms with Crippen molar-refractivity contribution in [1.82, 2.24) is 4.90 Å². The minimum absolute atomic E-state index is 0.0658. The van der Waals surface area contributed by atoms with Crippen molar-refractivity contribution in [3.63, 3.8) is 0 Å². The molecule has 0 aromatic heterocycles. The standard InChI is InChI=1S/C19H18ClNO4/c20-16-8-4-7-15(11-16)19(17(22)23)9-10-21(13-19)18(24)25-12-14-5-2-1-3-6-14/h1-8,11H,9-10,12-13H2,(H,22,23). The van der Waals surface area contributed by atoms with Crippen molar-refractivity contribution in [1.29, 1.82) is 0 Å². The maximum absolute atomic E-state index is 12.3. The van der Waals surface area contributed by atoms with Crippen molar-refractivity contribution >= 4 is 23.7 Å². The topological polar surface area (TPSA) is 66.8 Å². The first-order chi connectivity index (χ1) is 12.0. The fourth-order valence-electron chi connectivity index (χ4n) is 3.10. The van der Waals surface area contributed by atoms with Crippen LogP contribution in [0.1, 0.15) is 17.5 Å². The molecule has 0 saturated carbocycles. The van der Waals surface area contributed by atoms with E-state index < -0.39 is 17.5 Å². The maximum Gasteiger partial charge on any atom is 0.410 e. The molecule has 1 atom stereocenters. The van der Waals surface area contributed by atoms with Gasteiger partial charge in [-0.05, 0) is 29.7 Å². The minimum Gasteiger partial charge on any atom is -0.481 e. The molecule has 0 radical (unpaired) electrons. The summed E-state index contributed by atoms with van der Waals surface area (Å²) in [5.74, 6) is -0.965. The van der Waals surface area contributed by atoms with Gasteiger partial charge in [0, 0.05) is 18.1 Å². The van der Waals surface area contributed by atoms with Crippen LogP contribution in [0.15, 0.2) is 54.6 Å². The molecule has 130 valence electrons. The lowest BCUT2D eigenvalue weighted by molar-refractivity contribution is -0.143. The van der Waals surface area contributed by atoms with Gasteiger partial charge in [0.1, 0.15) is 12.0 Å². The Balaban J connectivity index is 1.71. The SMILES string of the molecule is O=C(OCc1ccccc1)N1CCC(C(=O)O)(c2cccc(Cl)c2)C1. The third-order valence-electron chi connectivity index (χ3n) is 4.52. The number of hydrogen-bond donors (Lipinski definition) is 1. The molecule has 2 aromatic carbocycles. The van der Waals surface area contributed by atoms with E-state index in [0.29, 0.717) is 23.6 Å². The summed E-state index contributed by atoms with van der Waals surface area (Å²) < 4.78 is 5.31. The highest BCUT2D eigenvalue weighted by molar-refractivity contribution is 6.30. The van der Waals surface area contributed by atoms with Gasteiger partial charge in [0.05, 0.1) is 0 Å². The van der Waals surface area contributed by atoms with Crippen LogP contribution in [0.2, 0.25) is 5.02 Å². The van der Waals surface area contributed by atoms with Crippen molar-refractivity contribution in [3.8, 4) is 0 Å². The number of benzene rings is 2. The molecule has 3 rings (SSSR count). The summed E-state index contributed by atoms with van der Waals surface area (Å²) in [5.41, 5.74) is 0.330. The molecule has 1 amide bonds. The fourth-order valence-corrected chi connectivity index (χ4v) is 3.29. The number of likely N-dealkylation sites (tertiary alicyclic amines) is 1. The van der Waals surface area contributed by atoms with Crippen LogP contribution in [0.3, 0.4) is 0 Å². The number of hydrogen-bond acceptors (Lipinski definition) is 3. The summed E-state index contributed by atoms with van der Waals surface area (Å²) in [7, 11) is 0. The summed E-state index contributed by atoms with van der Waals surface area (Å²) in [6.07, 6.45) is -0.183. The van der Waals surface area contributed by atoms with Crippen LogP contribution in [0.5, 0.6) is 0 Å². The van der Waals surface area contributed by atoms with Gasteiger partial charge >= 0.3 is 12.1 Å². The Hall–Kier alpha value is -2.53. The van der Waals surface area contributed by atoms with Gasteiger partial charge in [-0.3, -0.25) is 4.79 Å². The van der Waals surface area contributed by atoms with E-state index in [1.165, 1.54) is 4.90 Å². The molecule has 1 fully saturated rings. The Labute approximate surface area is 150 Å². The fraction of sp³-hybridized carbons (Fsp3) is 0.263. The van der Waals surface area contributed by atoms with E-state index in [9.17, 15) is 14.7 Å². The van der Waals surface area contributed by atoms with E-state index in [4.69, 9.17) is 16.3 Å². The normalized spacial score (nSPS) is 19.6. The van der Waals surface area contributed by atoms with E-state index in [1.807, 2.05) is 30.3 Å². The first kappa shape index (κ1) is 17.3. The second kappa shape index (κ2) is 7.15. The van der Waals surface area contributed by atoms with E-state index in [2.05, 4.69) is 0 Å². The number of nitrogens with zero attached hydrogens (tertiary/aromatic N) is 1. The number of amides is 1. The monoisotopic (exact) mass is 359 g/mol. The maximum atomic E-state index is 12.3. The molecule has 6 heteroatoms. The zero-order valence-electron chi connectivity index (χ0n) is 13.5.